The van der Waals surface area contributed by atoms with E-state index in [0.717, 1.165) is 24.3 Å². The van der Waals surface area contributed by atoms with Crippen LogP contribution in [0.25, 0.3) is 0 Å². The summed E-state index contributed by atoms with van der Waals surface area (Å²) in [6.45, 7) is 5.43. The van der Waals surface area contributed by atoms with Crippen LogP contribution in [0.3, 0.4) is 0 Å². The van der Waals surface area contributed by atoms with Crippen molar-refractivity contribution in [1.82, 2.24) is 10.6 Å². The third-order valence-electron chi connectivity index (χ3n) is 3.85. The van der Waals surface area contributed by atoms with E-state index in [1.165, 1.54) is 17.7 Å². The Morgan fingerprint density at radius 1 is 1.14 bits per heavy atom. The summed E-state index contributed by atoms with van der Waals surface area (Å²) in [6.07, 6.45) is 2.60. The molecule has 8 heteroatoms. The quantitative estimate of drug-likeness (QED) is 0.138. The molecule has 0 aromatic heterocycles. The van der Waals surface area contributed by atoms with Crippen molar-refractivity contribution in [3.8, 4) is 5.75 Å². The van der Waals surface area contributed by atoms with E-state index in [9.17, 15) is 10.1 Å². The zero-order chi connectivity index (χ0) is 19.5. The highest BCUT2D eigenvalue weighted by Gasteiger charge is 2.04. The molecule has 0 spiro atoms. The molecule has 150 valence electrons. The van der Waals surface area contributed by atoms with Crippen LogP contribution in [0.15, 0.2) is 66.2 Å². The van der Waals surface area contributed by atoms with Gasteiger partial charge < -0.3 is 15.4 Å². The standard InChI is InChI=1S/C20H24N4O3.HI/c1-3-13-21-20(22-14-12-16-6-10-19(27-2)11-7-16)23-15-17-4-8-18(9-5-17)24(25)26;/h3-11H,1,12-15H2,2H3,(H2,21,22,23);1H. The van der Waals surface area contributed by atoms with E-state index in [4.69, 9.17) is 4.74 Å². The van der Waals surface area contributed by atoms with Gasteiger partial charge in [-0.1, -0.05) is 30.3 Å². The summed E-state index contributed by atoms with van der Waals surface area (Å²) in [7, 11) is 1.65. The van der Waals surface area contributed by atoms with Crippen molar-refractivity contribution in [2.24, 2.45) is 4.99 Å². The van der Waals surface area contributed by atoms with Gasteiger partial charge in [0.2, 0.25) is 0 Å². The monoisotopic (exact) mass is 496 g/mol. The zero-order valence-electron chi connectivity index (χ0n) is 15.8. The molecule has 2 aromatic carbocycles. The molecule has 2 rings (SSSR count). The van der Waals surface area contributed by atoms with Gasteiger partial charge in [0.25, 0.3) is 5.69 Å². The van der Waals surface area contributed by atoms with Crippen LogP contribution in [-0.2, 0) is 13.0 Å². The number of rotatable bonds is 9. The molecule has 0 radical (unpaired) electrons. The number of guanidine groups is 1. The predicted molar refractivity (Wildman–Crippen MR) is 123 cm³/mol. The van der Waals surface area contributed by atoms with E-state index in [-0.39, 0.29) is 29.7 Å². The lowest BCUT2D eigenvalue weighted by molar-refractivity contribution is -0.384. The third-order valence-corrected chi connectivity index (χ3v) is 3.85. The first-order valence-corrected chi connectivity index (χ1v) is 8.61. The maximum Gasteiger partial charge on any atom is 0.269 e. The second-order valence-corrected chi connectivity index (χ2v) is 5.78. The Morgan fingerprint density at radius 3 is 2.36 bits per heavy atom. The number of methoxy groups -OCH3 is 1. The first kappa shape index (κ1) is 23.4. The Morgan fingerprint density at radius 2 is 1.79 bits per heavy atom. The molecule has 0 heterocycles. The van der Waals surface area contributed by atoms with Crippen LogP contribution in [-0.4, -0.2) is 31.1 Å². The number of non-ortho nitro benzene ring substituents is 1. The normalized spacial score (nSPS) is 10.5. The summed E-state index contributed by atoms with van der Waals surface area (Å²) in [4.78, 5) is 14.8. The van der Waals surface area contributed by atoms with Gasteiger partial charge in [0.05, 0.1) is 18.6 Å². The fourth-order valence-electron chi connectivity index (χ4n) is 2.35. The molecule has 2 aromatic rings. The number of ether oxygens (including phenoxy) is 1. The highest BCUT2D eigenvalue weighted by atomic mass is 127. The lowest BCUT2D eigenvalue weighted by Gasteiger charge is -2.11. The molecule has 2 N–H and O–H groups in total. The van der Waals surface area contributed by atoms with Gasteiger partial charge >= 0.3 is 0 Å². The summed E-state index contributed by atoms with van der Waals surface area (Å²) in [5.41, 5.74) is 2.17. The smallest absolute Gasteiger partial charge is 0.269 e. The molecule has 0 aliphatic heterocycles. The largest absolute Gasteiger partial charge is 0.497 e. The fourth-order valence-corrected chi connectivity index (χ4v) is 2.35. The Hall–Kier alpha value is -2.62. The molecule has 0 saturated carbocycles. The number of nitrogens with zero attached hydrogens (tertiary/aromatic N) is 2. The second-order valence-electron chi connectivity index (χ2n) is 5.78. The van der Waals surface area contributed by atoms with Crippen molar-refractivity contribution in [2.75, 3.05) is 20.2 Å². The Bertz CT molecular complexity index is 777. The molecule has 0 aliphatic rings. The minimum Gasteiger partial charge on any atom is -0.497 e. The number of nitro groups is 1. The predicted octanol–water partition coefficient (Wildman–Crippen LogP) is 3.69. The number of nitrogens with one attached hydrogen (secondary N) is 2. The van der Waals surface area contributed by atoms with Crippen LogP contribution < -0.4 is 15.4 Å². The number of halogens is 1. The van der Waals surface area contributed by atoms with Crippen molar-refractivity contribution in [3.05, 3.63) is 82.4 Å². The summed E-state index contributed by atoms with van der Waals surface area (Å²) in [5, 5.41) is 17.2. The van der Waals surface area contributed by atoms with Gasteiger partial charge in [-0.25, -0.2) is 4.99 Å². The van der Waals surface area contributed by atoms with E-state index in [1.54, 1.807) is 25.3 Å². The highest BCUT2D eigenvalue weighted by Crippen LogP contribution is 2.13. The summed E-state index contributed by atoms with van der Waals surface area (Å²) < 4.78 is 5.16. The van der Waals surface area contributed by atoms with E-state index >= 15 is 0 Å². The van der Waals surface area contributed by atoms with E-state index in [1.807, 2.05) is 24.3 Å². The van der Waals surface area contributed by atoms with Gasteiger partial charge in [-0.05, 0) is 29.7 Å². The van der Waals surface area contributed by atoms with Gasteiger partial charge in [0, 0.05) is 25.2 Å². The maximum absolute atomic E-state index is 10.7. The van der Waals surface area contributed by atoms with Gasteiger partial charge in [0.15, 0.2) is 5.96 Å². The van der Waals surface area contributed by atoms with Crippen molar-refractivity contribution in [1.29, 1.82) is 0 Å². The average Bonchev–Trinajstić information content (AvgIpc) is 2.70. The molecule has 0 fully saturated rings. The van der Waals surface area contributed by atoms with Crippen molar-refractivity contribution in [3.63, 3.8) is 0 Å². The SMILES string of the molecule is C=CCNC(=NCc1ccc([N+](=O)[O-])cc1)NCCc1ccc(OC)cc1.I. The molecule has 7 nitrogen and oxygen atoms in total. The van der Waals surface area contributed by atoms with Crippen LogP contribution in [0.2, 0.25) is 0 Å². The molecule has 0 unspecified atom stereocenters. The number of benzene rings is 2. The first-order valence-electron chi connectivity index (χ1n) is 8.61. The topological polar surface area (TPSA) is 88.8 Å². The van der Waals surface area contributed by atoms with Gasteiger partial charge in [-0.2, -0.15) is 0 Å². The van der Waals surface area contributed by atoms with E-state index in [2.05, 4.69) is 22.2 Å². The van der Waals surface area contributed by atoms with Crippen LogP contribution in [0.4, 0.5) is 5.69 Å². The number of hydrogen-bond acceptors (Lipinski definition) is 4. The summed E-state index contributed by atoms with van der Waals surface area (Å²) >= 11 is 0. The molecule has 0 saturated heterocycles. The van der Waals surface area contributed by atoms with E-state index in [0.29, 0.717) is 19.0 Å². The molecule has 28 heavy (non-hydrogen) atoms. The molecular weight excluding hydrogens is 471 g/mol. The van der Waals surface area contributed by atoms with Crippen LogP contribution in [0.1, 0.15) is 11.1 Å². The molecule has 0 aliphatic carbocycles. The minimum absolute atomic E-state index is 0. The Kier molecular flexibility index (Phi) is 10.6. The average molecular weight is 496 g/mol. The Balaban J connectivity index is 0.00000392. The van der Waals surface area contributed by atoms with Gasteiger partial charge in [-0.3, -0.25) is 10.1 Å². The van der Waals surface area contributed by atoms with Gasteiger partial charge in [-0.15, -0.1) is 30.6 Å². The van der Waals surface area contributed by atoms with Crippen LogP contribution in [0, 0.1) is 10.1 Å². The molecule has 0 bridgehead atoms. The number of hydrogen-bond donors (Lipinski definition) is 2. The summed E-state index contributed by atoms with van der Waals surface area (Å²) in [5.74, 6) is 1.51. The highest BCUT2D eigenvalue weighted by molar-refractivity contribution is 14.0. The lowest BCUT2D eigenvalue weighted by atomic mass is 10.1. The first-order chi connectivity index (χ1) is 13.1. The lowest BCUT2D eigenvalue weighted by Crippen LogP contribution is -2.38. The van der Waals surface area contributed by atoms with E-state index < -0.39 is 4.92 Å². The zero-order valence-corrected chi connectivity index (χ0v) is 18.1. The van der Waals surface area contributed by atoms with Crippen molar-refractivity contribution in [2.45, 2.75) is 13.0 Å². The third kappa shape index (κ3) is 7.95. The minimum atomic E-state index is -0.412. The molecule has 0 atom stereocenters. The summed E-state index contributed by atoms with van der Waals surface area (Å²) in [6, 6.07) is 14.3. The second kappa shape index (κ2) is 12.7. The maximum atomic E-state index is 10.7. The fraction of sp³-hybridized carbons (Fsp3) is 0.250. The molecular formula is C20H25IN4O3. The number of nitro benzene ring substituents is 1. The van der Waals surface area contributed by atoms with Crippen molar-refractivity contribution >= 4 is 35.6 Å². The van der Waals surface area contributed by atoms with Crippen LogP contribution in [0.5, 0.6) is 5.75 Å². The van der Waals surface area contributed by atoms with Crippen molar-refractivity contribution < 1.29 is 9.66 Å². The van der Waals surface area contributed by atoms with Crippen LogP contribution >= 0.6 is 24.0 Å². The van der Waals surface area contributed by atoms with Gasteiger partial charge in [0.1, 0.15) is 5.75 Å². The molecule has 0 amide bonds. The Labute approximate surface area is 182 Å². The number of aliphatic imine (C=N–C) groups is 1.